The zero-order valence-corrected chi connectivity index (χ0v) is 35.7. The molecule has 0 spiro atoms. The summed E-state index contributed by atoms with van der Waals surface area (Å²) in [6.45, 7) is 19.0. The fraction of sp³-hybridized carbons (Fsp3) is 0.306. The van der Waals surface area contributed by atoms with Crippen molar-refractivity contribution in [1.82, 2.24) is 16.0 Å². The first-order valence-corrected chi connectivity index (χ1v) is 21.5. The third-order valence-corrected chi connectivity index (χ3v) is 14.4. The maximum atomic E-state index is 14.0. The monoisotopic (exact) mass is 780 g/mol. The highest BCUT2D eigenvalue weighted by atomic mass is 31.2. The van der Waals surface area contributed by atoms with E-state index in [1.165, 1.54) is 16.7 Å². The fourth-order valence-corrected chi connectivity index (χ4v) is 10.6. The lowest BCUT2D eigenvalue weighted by atomic mass is 9.87. The Morgan fingerprint density at radius 2 is 1.04 bits per heavy atom. The zero-order chi connectivity index (χ0) is 41.0. The molecule has 6 rings (SSSR count). The van der Waals surface area contributed by atoms with Gasteiger partial charge in [0.25, 0.3) is 0 Å². The maximum Gasteiger partial charge on any atom is 0.409 e. The molecule has 6 aromatic carbocycles. The van der Waals surface area contributed by atoms with Crippen LogP contribution < -0.4 is 31.9 Å². The summed E-state index contributed by atoms with van der Waals surface area (Å²) in [7, 11) is -2.54. The van der Waals surface area contributed by atoms with Crippen LogP contribution in [0.15, 0.2) is 132 Å². The van der Waals surface area contributed by atoms with E-state index in [1.807, 2.05) is 45.0 Å². The quantitative estimate of drug-likeness (QED) is 0.0734. The van der Waals surface area contributed by atoms with Crippen LogP contribution in [-0.2, 0) is 11.3 Å². The first kappa shape index (κ1) is 41.2. The molecule has 0 saturated carbocycles. The Kier molecular flexibility index (Phi) is 12.3. The van der Waals surface area contributed by atoms with Crippen LogP contribution in [0.3, 0.4) is 0 Å². The zero-order valence-electron chi connectivity index (χ0n) is 34.8. The number of nitrogens with one attached hydrogen (secondary N) is 3. The molecule has 0 fully saturated rings. The maximum absolute atomic E-state index is 14.0. The SMILES string of the molecule is Cc1ccc(P(=NC[C@@H](NC(=O)N[C@@H](NC(=O)OCc2c3ccccc3cc3ccccc23)C(C)(C)C)C(C)(C)C)(c2ccc(C)cc2)c2ccc(C)cc2)cc1. The van der Waals surface area contributed by atoms with E-state index < -0.39 is 30.8 Å². The number of rotatable bonds is 10. The van der Waals surface area contributed by atoms with Crippen LogP contribution in [0.25, 0.3) is 21.5 Å². The average molecular weight is 781 g/mol. The Morgan fingerprint density at radius 3 is 1.46 bits per heavy atom. The molecule has 6 aromatic rings. The Hall–Kier alpha value is -5.39. The molecular weight excluding hydrogens is 724 g/mol. The van der Waals surface area contributed by atoms with Crippen LogP contribution in [0.5, 0.6) is 0 Å². The number of ether oxygens (including phenoxy) is 1. The van der Waals surface area contributed by atoms with Gasteiger partial charge in [-0.2, -0.15) is 0 Å². The highest BCUT2D eigenvalue weighted by molar-refractivity contribution is 7.87. The number of benzene rings is 6. The van der Waals surface area contributed by atoms with Crippen LogP contribution in [0, 0.1) is 31.6 Å². The summed E-state index contributed by atoms with van der Waals surface area (Å²) in [6, 6.07) is 43.8. The lowest BCUT2D eigenvalue weighted by Crippen LogP contribution is -2.59. The summed E-state index contributed by atoms with van der Waals surface area (Å²) in [5.74, 6) is 0. The van der Waals surface area contributed by atoms with Gasteiger partial charge in [-0.15, -0.1) is 0 Å². The van der Waals surface area contributed by atoms with Gasteiger partial charge < -0.3 is 20.7 Å². The van der Waals surface area contributed by atoms with E-state index in [2.05, 4.69) is 161 Å². The number of carbonyl (C=O) groups is 2. The molecule has 3 N–H and O–H groups in total. The third kappa shape index (κ3) is 9.60. The predicted octanol–water partition coefficient (Wildman–Crippen LogP) is 10.4. The Balaban J connectivity index is 1.26. The van der Waals surface area contributed by atoms with Crippen LogP contribution in [0.1, 0.15) is 63.8 Å². The number of amides is 3. The predicted molar refractivity (Wildman–Crippen MR) is 240 cm³/mol. The van der Waals surface area contributed by atoms with E-state index >= 15 is 0 Å². The van der Waals surface area contributed by atoms with Crippen LogP contribution in [0.2, 0.25) is 0 Å². The molecule has 0 aliphatic heterocycles. The third-order valence-electron chi connectivity index (χ3n) is 10.7. The summed E-state index contributed by atoms with van der Waals surface area (Å²) < 4.78 is 11.6. The molecule has 0 heterocycles. The van der Waals surface area contributed by atoms with Crippen molar-refractivity contribution < 1.29 is 14.3 Å². The van der Waals surface area contributed by atoms with Crippen molar-refractivity contribution in [3.05, 3.63) is 150 Å². The number of alkyl carbamates (subject to hydrolysis) is 1. The second-order valence-electron chi connectivity index (χ2n) is 17.3. The van der Waals surface area contributed by atoms with E-state index in [1.54, 1.807) is 0 Å². The van der Waals surface area contributed by atoms with Crippen LogP contribution in [-0.4, -0.2) is 30.9 Å². The molecule has 3 amide bonds. The van der Waals surface area contributed by atoms with E-state index in [0.717, 1.165) is 43.0 Å². The molecule has 0 radical (unpaired) electrons. The first-order chi connectivity index (χ1) is 27.0. The van der Waals surface area contributed by atoms with Crippen molar-refractivity contribution >= 4 is 56.6 Å². The van der Waals surface area contributed by atoms with Crippen LogP contribution in [0.4, 0.5) is 9.59 Å². The van der Waals surface area contributed by atoms with Crippen molar-refractivity contribution in [3.63, 3.8) is 0 Å². The minimum atomic E-state index is -2.54. The number of hydrogen-bond donors (Lipinski definition) is 3. The summed E-state index contributed by atoms with van der Waals surface area (Å²) >= 11 is 0. The smallest absolute Gasteiger partial charge is 0.409 e. The molecule has 57 heavy (non-hydrogen) atoms. The number of urea groups is 1. The lowest BCUT2D eigenvalue weighted by molar-refractivity contribution is 0.121. The van der Waals surface area contributed by atoms with Crippen molar-refractivity contribution in [2.75, 3.05) is 6.54 Å². The van der Waals surface area contributed by atoms with Crippen LogP contribution >= 0.6 is 7.05 Å². The highest BCUT2D eigenvalue weighted by Gasteiger charge is 2.33. The molecule has 7 nitrogen and oxygen atoms in total. The van der Waals surface area contributed by atoms with Gasteiger partial charge in [-0.1, -0.05) is 180 Å². The molecule has 0 unspecified atom stereocenters. The van der Waals surface area contributed by atoms with Gasteiger partial charge in [0.2, 0.25) is 0 Å². The number of carbonyl (C=O) groups excluding carboxylic acids is 2. The Morgan fingerprint density at radius 1 is 0.596 bits per heavy atom. The van der Waals surface area contributed by atoms with E-state index in [0.29, 0.717) is 6.54 Å². The standard InChI is InChI=1S/C49H57N4O3P/c1-33-18-24-38(25-19-33)57(39-26-20-34(2)21-27-39,40-28-22-35(3)23-29-40)50-31-44(48(4,5)6)51-46(54)52-45(49(7,8)9)53-47(55)56-32-43-41-16-12-10-14-36(41)30-37-15-11-13-17-42(37)43/h10-30,44-45H,31-32H2,1-9H3,(H,53,55)(H2,51,52,54)/t44-,45+/m1/s1. The molecule has 0 aliphatic rings. The lowest BCUT2D eigenvalue weighted by Gasteiger charge is -2.35. The van der Waals surface area contributed by atoms with Gasteiger partial charge in [0.1, 0.15) is 12.8 Å². The van der Waals surface area contributed by atoms with Crippen molar-refractivity contribution in [2.24, 2.45) is 15.6 Å². The molecule has 0 saturated heterocycles. The molecule has 0 bridgehead atoms. The molecular formula is C49H57N4O3P. The van der Waals surface area contributed by atoms with Gasteiger partial charge in [0, 0.05) is 26.9 Å². The number of aryl methyl sites for hydroxylation is 3. The summed E-state index contributed by atoms with van der Waals surface area (Å²) in [5, 5.41) is 17.0. The van der Waals surface area contributed by atoms with Crippen molar-refractivity contribution in [2.45, 2.75) is 81.1 Å². The summed E-state index contributed by atoms with van der Waals surface area (Å²) in [6.07, 6.45) is -1.34. The number of nitrogens with zero attached hydrogens (tertiary/aromatic N) is 1. The Labute approximate surface area is 338 Å². The van der Waals surface area contributed by atoms with Gasteiger partial charge in [0.15, 0.2) is 0 Å². The van der Waals surface area contributed by atoms with E-state index in [-0.39, 0.29) is 18.1 Å². The van der Waals surface area contributed by atoms with Gasteiger partial charge in [0.05, 0.1) is 19.6 Å². The largest absolute Gasteiger partial charge is 0.445 e. The highest BCUT2D eigenvalue weighted by Crippen LogP contribution is 2.47. The second-order valence-corrected chi connectivity index (χ2v) is 20.4. The second kappa shape index (κ2) is 17.0. The van der Waals surface area contributed by atoms with E-state index in [9.17, 15) is 9.59 Å². The van der Waals surface area contributed by atoms with Gasteiger partial charge in [-0.3, -0.25) is 4.74 Å². The number of fused-ring (bicyclic) bond motifs is 2. The topological polar surface area (TPSA) is 91.8 Å². The first-order valence-electron chi connectivity index (χ1n) is 19.7. The molecule has 296 valence electrons. The number of hydrogen-bond acceptors (Lipinski definition) is 4. The summed E-state index contributed by atoms with van der Waals surface area (Å²) in [5.41, 5.74) is 3.60. The minimum absolute atomic E-state index is 0.0815. The van der Waals surface area contributed by atoms with E-state index in [4.69, 9.17) is 9.48 Å². The Bertz CT molecular complexity index is 2240. The van der Waals surface area contributed by atoms with Crippen molar-refractivity contribution in [3.8, 4) is 0 Å². The van der Waals surface area contributed by atoms with Gasteiger partial charge in [-0.05, 0) is 53.8 Å². The molecule has 0 aliphatic carbocycles. The average Bonchev–Trinajstić information content (AvgIpc) is 3.16. The molecule has 2 atom stereocenters. The minimum Gasteiger partial charge on any atom is -0.445 e. The van der Waals surface area contributed by atoms with Crippen molar-refractivity contribution in [1.29, 1.82) is 0 Å². The van der Waals surface area contributed by atoms with Gasteiger partial charge in [-0.25, -0.2) is 9.59 Å². The molecule has 0 aromatic heterocycles. The fourth-order valence-electron chi connectivity index (χ4n) is 7.07. The normalized spacial score (nSPS) is 13.1. The van der Waals surface area contributed by atoms with Gasteiger partial charge >= 0.3 is 12.1 Å². The molecule has 8 heteroatoms. The summed E-state index contributed by atoms with van der Waals surface area (Å²) in [4.78, 5) is 27.5.